The van der Waals surface area contributed by atoms with Gasteiger partial charge in [0.05, 0.1) is 0 Å². The van der Waals surface area contributed by atoms with Gasteiger partial charge in [-0.2, -0.15) is 13.8 Å². The number of halogens is 2. The molecule has 0 fully saturated rings. The molecule has 0 saturated carbocycles. The fourth-order valence-corrected chi connectivity index (χ4v) is 0.654. The molecule has 1 aromatic heterocycles. The predicted octanol–water partition coefficient (Wildman–Crippen LogP) is 0.290. The van der Waals surface area contributed by atoms with Crippen LogP contribution in [0.1, 0.15) is 5.56 Å². The Labute approximate surface area is 61.7 Å². The zero-order chi connectivity index (χ0) is 8.27. The van der Waals surface area contributed by atoms with Crippen LogP contribution in [-0.2, 0) is 6.42 Å². The predicted molar refractivity (Wildman–Crippen MR) is 32.7 cm³/mol. The van der Waals surface area contributed by atoms with E-state index >= 15 is 0 Å². The van der Waals surface area contributed by atoms with Gasteiger partial charge < -0.3 is 5.11 Å². The summed E-state index contributed by atoms with van der Waals surface area (Å²) in [6.45, 7) is -0.202. The van der Waals surface area contributed by atoms with Gasteiger partial charge in [-0.05, 0) is 0 Å². The third-order valence-electron chi connectivity index (χ3n) is 1.16. The molecule has 60 valence electrons. The van der Waals surface area contributed by atoms with Crippen LogP contribution in [0.3, 0.4) is 0 Å². The summed E-state index contributed by atoms with van der Waals surface area (Å²) in [5.41, 5.74) is 0.119. The highest BCUT2D eigenvalue weighted by Gasteiger charge is 2.04. The number of rotatable bonds is 2. The molecule has 0 radical (unpaired) electrons. The summed E-state index contributed by atoms with van der Waals surface area (Å²) < 4.78 is 24.6. The van der Waals surface area contributed by atoms with Crippen LogP contribution in [0.15, 0.2) is 6.20 Å². The standard InChI is InChI=1S/C6H6F2N2O/c7-5-4(1-2-11)3-9-6(8)10-5/h3,11H,1-2H2. The van der Waals surface area contributed by atoms with Crippen LogP contribution in [0.25, 0.3) is 0 Å². The molecule has 1 N–H and O–H groups in total. The minimum absolute atomic E-state index is 0.103. The van der Waals surface area contributed by atoms with E-state index in [1.807, 2.05) is 0 Å². The van der Waals surface area contributed by atoms with Gasteiger partial charge in [-0.15, -0.1) is 0 Å². The maximum atomic E-state index is 12.5. The SMILES string of the molecule is OCCc1cnc(F)nc1F. The maximum absolute atomic E-state index is 12.5. The lowest BCUT2D eigenvalue weighted by atomic mass is 10.2. The molecule has 1 rings (SSSR count). The number of aliphatic hydroxyl groups is 1. The summed E-state index contributed by atoms with van der Waals surface area (Å²) in [5, 5.41) is 8.40. The largest absolute Gasteiger partial charge is 0.396 e. The van der Waals surface area contributed by atoms with Gasteiger partial charge in [0.2, 0.25) is 5.95 Å². The van der Waals surface area contributed by atoms with Crippen molar-refractivity contribution in [1.29, 1.82) is 0 Å². The molecule has 1 heterocycles. The molecule has 1 aromatic rings. The van der Waals surface area contributed by atoms with Crippen LogP contribution in [0.5, 0.6) is 0 Å². The quantitative estimate of drug-likeness (QED) is 0.499. The smallest absolute Gasteiger partial charge is 0.311 e. The fourth-order valence-electron chi connectivity index (χ4n) is 0.654. The lowest BCUT2D eigenvalue weighted by Gasteiger charge is -1.96. The van der Waals surface area contributed by atoms with Crippen molar-refractivity contribution < 1.29 is 13.9 Å². The van der Waals surface area contributed by atoms with Crippen molar-refractivity contribution >= 4 is 0 Å². The van der Waals surface area contributed by atoms with Crippen LogP contribution in [0.2, 0.25) is 0 Å². The molecular weight excluding hydrogens is 154 g/mol. The van der Waals surface area contributed by atoms with E-state index in [9.17, 15) is 8.78 Å². The Morgan fingerprint density at radius 2 is 2.18 bits per heavy atom. The first-order chi connectivity index (χ1) is 5.24. The van der Waals surface area contributed by atoms with E-state index in [-0.39, 0.29) is 18.6 Å². The average molecular weight is 160 g/mol. The first-order valence-electron chi connectivity index (χ1n) is 3.02. The van der Waals surface area contributed by atoms with E-state index in [4.69, 9.17) is 5.11 Å². The normalized spacial score (nSPS) is 10.1. The van der Waals surface area contributed by atoms with Crippen molar-refractivity contribution in [3.05, 3.63) is 23.8 Å². The molecule has 0 bridgehead atoms. The van der Waals surface area contributed by atoms with E-state index in [0.717, 1.165) is 6.20 Å². The topological polar surface area (TPSA) is 46.0 Å². The van der Waals surface area contributed by atoms with Crippen molar-refractivity contribution in [3.63, 3.8) is 0 Å². The van der Waals surface area contributed by atoms with E-state index in [1.165, 1.54) is 0 Å². The fraction of sp³-hybridized carbons (Fsp3) is 0.333. The molecule has 0 aromatic carbocycles. The van der Waals surface area contributed by atoms with E-state index in [1.54, 1.807) is 0 Å². The van der Waals surface area contributed by atoms with Crippen LogP contribution in [0.4, 0.5) is 8.78 Å². The Hall–Kier alpha value is -1.10. The lowest BCUT2D eigenvalue weighted by Crippen LogP contribution is -2.01. The highest BCUT2D eigenvalue weighted by atomic mass is 19.1. The second-order valence-electron chi connectivity index (χ2n) is 1.93. The Kier molecular flexibility index (Phi) is 2.43. The maximum Gasteiger partial charge on any atom is 0.311 e. The lowest BCUT2D eigenvalue weighted by molar-refractivity contribution is 0.296. The first kappa shape index (κ1) is 8.00. The van der Waals surface area contributed by atoms with E-state index < -0.39 is 12.0 Å². The second kappa shape index (κ2) is 3.34. The summed E-state index contributed by atoms with van der Waals surface area (Å²) in [4.78, 5) is 5.97. The second-order valence-corrected chi connectivity index (χ2v) is 1.93. The molecule has 3 nitrogen and oxygen atoms in total. The highest BCUT2D eigenvalue weighted by Crippen LogP contribution is 2.02. The minimum Gasteiger partial charge on any atom is -0.396 e. The third-order valence-corrected chi connectivity index (χ3v) is 1.16. The van der Waals surface area contributed by atoms with Crippen molar-refractivity contribution in [2.24, 2.45) is 0 Å². The summed E-state index contributed by atoms with van der Waals surface area (Å²) in [5.74, 6) is -0.911. The molecule has 5 heteroatoms. The molecule has 0 aliphatic rings. The number of aliphatic hydroxyl groups excluding tert-OH is 1. The van der Waals surface area contributed by atoms with Crippen molar-refractivity contribution in [3.8, 4) is 0 Å². The molecule has 0 atom stereocenters. The van der Waals surface area contributed by atoms with Crippen LogP contribution in [0, 0.1) is 12.0 Å². The molecule has 0 spiro atoms. The van der Waals surface area contributed by atoms with Crippen LogP contribution < -0.4 is 0 Å². The van der Waals surface area contributed by atoms with E-state index in [0.29, 0.717) is 0 Å². The third kappa shape index (κ3) is 1.91. The average Bonchev–Trinajstić information content (AvgIpc) is 1.95. The Bertz CT molecular complexity index is 254. The number of hydrogen-bond donors (Lipinski definition) is 1. The van der Waals surface area contributed by atoms with Gasteiger partial charge in [-0.1, -0.05) is 0 Å². The molecular formula is C6H6F2N2O. The molecule has 0 unspecified atom stereocenters. The minimum atomic E-state index is -1.09. The van der Waals surface area contributed by atoms with Gasteiger partial charge in [-0.25, -0.2) is 4.98 Å². The molecule has 0 aliphatic carbocycles. The first-order valence-corrected chi connectivity index (χ1v) is 3.02. The zero-order valence-electron chi connectivity index (χ0n) is 5.59. The summed E-state index contributed by atoms with van der Waals surface area (Å²) in [6, 6.07) is 0. The number of hydrogen-bond acceptors (Lipinski definition) is 3. The van der Waals surface area contributed by atoms with Crippen molar-refractivity contribution in [2.45, 2.75) is 6.42 Å². The van der Waals surface area contributed by atoms with Gasteiger partial charge in [0, 0.05) is 24.8 Å². The van der Waals surface area contributed by atoms with Gasteiger partial charge in [0.25, 0.3) is 0 Å². The molecule has 0 aliphatic heterocycles. The highest BCUT2D eigenvalue weighted by molar-refractivity contribution is 5.05. The summed E-state index contributed by atoms with van der Waals surface area (Å²) in [6.07, 6.45) is 0.0317. The van der Waals surface area contributed by atoms with Crippen molar-refractivity contribution in [1.82, 2.24) is 9.97 Å². The zero-order valence-corrected chi connectivity index (χ0v) is 5.59. The van der Waals surface area contributed by atoms with Crippen LogP contribution >= 0.6 is 0 Å². The van der Waals surface area contributed by atoms with Gasteiger partial charge >= 0.3 is 6.08 Å². The monoisotopic (exact) mass is 160 g/mol. The Morgan fingerprint density at radius 1 is 1.45 bits per heavy atom. The molecule has 0 amide bonds. The van der Waals surface area contributed by atoms with E-state index in [2.05, 4.69) is 9.97 Å². The summed E-state index contributed by atoms with van der Waals surface area (Å²) in [7, 11) is 0. The number of nitrogens with zero attached hydrogens (tertiary/aromatic N) is 2. The summed E-state index contributed by atoms with van der Waals surface area (Å²) >= 11 is 0. The Morgan fingerprint density at radius 3 is 2.73 bits per heavy atom. The number of aromatic nitrogens is 2. The van der Waals surface area contributed by atoms with Gasteiger partial charge in [0.15, 0.2) is 0 Å². The van der Waals surface area contributed by atoms with Gasteiger partial charge in [-0.3, -0.25) is 0 Å². The Balaban J connectivity index is 2.90. The van der Waals surface area contributed by atoms with Gasteiger partial charge in [0.1, 0.15) is 0 Å². The molecule has 11 heavy (non-hydrogen) atoms. The van der Waals surface area contributed by atoms with Crippen LogP contribution in [-0.4, -0.2) is 21.7 Å². The van der Waals surface area contributed by atoms with Crippen molar-refractivity contribution in [2.75, 3.05) is 6.61 Å². The molecule has 0 saturated heterocycles.